The van der Waals surface area contributed by atoms with Crippen LogP contribution < -0.4 is 5.73 Å². The van der Waals surface area contributed by atoms with Crippen molar-refractivity contribution in [1.29, 1.82) is 0 Å². The fourth-order valence-electron chi connectivity index (χ4n) is 2.85. The summed E-state index contributed by atoms with van der Waals surface area (Å²) in [4.78, 5) is 2.60. The van der Waals surface area contributed by atoms with Gasteiger partial charge in [0.1, 0.15) is 0 Å². The van der Waals surface area contributed by atoms with Gasteiger partial charge < -0.3 is 10.5 Å². The SMILES string of the molecule is CC(C)CN(C(C)C)C(CN)C1CCOCC1. The highest BCUT2D eigenvalue weighted by molar-refractivity contribution is 4.84. The van der Waals surface area contributed by atoms with Crippen molar-refractivity contribution >= 4 is 0 Å². The van der Waals surface area contributed by atoms with Crippen molar-refractivity contribution in [2.45, 2.75) is 52.6 Å². The van der Waals surface area contributed by atoms with Gasteiger partial charge in [0.15, 0.2) is 0 Å². The number of ether oxygens (including phenoxy) is 1. The second kappa shape index (κ2) is 7.34. The molecule has 0 saturated carbocycles. The number of hydrogen-bond acceptors (Lipinski definition) is 3. The second-order valence-electron chi connectivity index (χ2n) is 5.94. The Morgan fingerprint density at radius 1 is 1.18 bits per heavy atom. The molecule has 1 atom stereocenters. The lowest BCUT2D eigenvalue weighted by molar-refractivity contribution is 0.0151. The average Bonchev–Trinajstić information content (AvgIpc) is 2.29. The lowest BCUT2D eigenvalue weighted by Crippen LogP contribution is -2.51. The van der Waals surface area contributed by atoms with Crippen LogP contribution in [0.2, 0.25) is 0 Å². The first-order valence-corrected chi connectivity index (χ1v) is 7.09. The Kier molecular flexibility index (Phi) is 6.45. The molecule has 0 bridgehead atoms. The number of nitrogens with two attached hydrogens (primary N) is 1. The lowest BCUT2D eigenvalue weighted by atomic mass is 9.89. The maximum absolute atomic E-state index is 6.04. The van der Waals surface area contributed by atoms with Crippen molar-refractivity contribution < 1.29 is 4.74 Å². The Hall–Kier alpha value is -0.120. The summed E-state index contributed by atoms with van der Waals surface area (Å²) in [5.41, 5.74) is 6.04. The largest absolute Gasteiger partial charge is 0.381 e. The summed E-state index contributed by atoms with van der Waals surface area (Å²) in [7, 11) is 0. The van der Waals surface area contributed by atoms with Crippen LogP contribution in [0.1, 0.15) is 40.5 Å². The van der Waals surface area contributed by atoms with Gasteiger partial charge in [-0.25, -0.2) is 0 Å². The standard InChI is InChI=1S/C14H30N2O/c1-11(2)10-16(12(3)4)14(9-15)13-5-7-17-8-6-13/h11-14H,5-10,15H2,1-4H3. The van der Waals surface area contributed by atoms with E-state index in [0.29, 0.717) is 18.0 Å². The molecule has 1 aliphatic rings. The summed E-state index contributed by atoms with van der Waals surface area (Å²) in [6, 6.07) is 1.11. The highest BCUT2D eigenvalue weighted by Crippen LogP contribution is 2.24. The minimum absolute atomic E-state index is 0.529. The van der Waals surface area contributed by atoms with Crippen LogP contribution in [0, 0.1) is 11.8 Å². The van der Waals surface area contributed by atoms with Gasteiger partial charge in [0.2, 0.25) is 0 Å². The smallest absolute Gasteiger partial charge is 0.0469 e. The third-order valence-corrected chi connectivity index (χ3v) is 3.72. The molecule has 2 N–H and O–H groups in total. The molecule has 3 heteroatoms. The third-order valence-electron chi connectivity index (χ3n) is 3.72. The maximum atomic E-state index is 6.04. The van der Waals surface area contributed by atoms with Crippen molar-refractivity contribution in [1.82, 2.24) is 4.90 Å². The van der Waals surface area contributed by atoms with E-state index in [1.54, 1.807) is 0 Å². The van der Waals surface area contributed by atoms with Crippen molar-refractivity contribution in [2.75, 3.05) is 26.3 Å². The van der Waals surface area contributed by atoms with Crippen LogP contribution in [-0.4, -0.2) is 43.3 Å². The van der Waals surface area contributed by atoms with E-state index in [1.807, 2.05) is 0 Å². The van der Waals surface area contributed by atoms with E-state index in [4.69, 9.17) is 10.5 Å². The van der Waals surface area contributed by atoms with E-state index >= 15 is 0 Å². The Bertz CT molecular complexity index is 200. The van der Waals surface area contributed by atoms with Crippen LogP contribution in [0.4, 0.5) is 0 Å². The third kappa shape index (κ3) is 4.57. The number of nitrogens with zero attached hydrogens (tertiary/aromatic N) is 1. The summed E-state index contributed by atoms with van der Waals surface area (Å²) in [5, 5.41) is 0. The fraction of sp³-hybridized carbons (Fsp3) is 1.00. The molecule has 1 rings (SSSR count). The zero-order chi connectivity index (χ0) is 12.8. The summed E-state index contributed by atoms with van der Waals surface area (Å²) in [5.74, 6) is 1.42. The Morgan fingerprint density at radius 3 is 2.18 bits per heavy atom. The zero-order valence-corrected chi connectivity index (χ0v) is 12.0. The van der Waals surface area contributed by atoms with E-state index in [-0.39, 0.29) is 0 Å². The summed E-state index contributed by atoms with van der Waals surface area (Å²) in [6.07, 6.45) is 2.34. The molecule has 1 aliphatic heterocycles. The predicted octanol–water partition coefficient (Wildman–Crippen LogP) is 2.11. The predicted molar refractivity (Wildman–Crippen MR) is 73.1 cm³/mol. The first-order chi connectivity index (χ1) is 8.06. The van der Waals surface area contributed by atoms with Crippen LogP contribution >= 0.6 is 0 Å². The number of rotatable bonds is 6. The molecule has 17 heavy (non-hydrogen) atoms. The van der Waals surface area contributed by atoms with Gasteiger partial charge in [-0.05, 0) is 38.5 Å². The van der Waals surface area contributed by atoms with Crippen molar-refractivity contribution in [2.24, 2.45) is 17.6 Å². The first kappa shape index (κ1) is 14.9. The summed E-state index contributed by atoms with van der Waals surface area (Å²) >= 11 is 0. The molecule has 0 aliphatic carbocycles. The Balaban J connectivity index is 2.65. The topological polar surface area (TPSA) is 38.5 Å². The molecule has 1 heterocycles. The van der Waals surface area contributed by atoms with Gasteiger partial charge in [-0.3, -0.25) is 4.90 Å². The van der Waals surface area contributed by atoms with Crippen LogP contribution in [0.25, 0.3) is 0 Å². The molecule has 0 aromatic heterocycles. The van der Waals surface area contributed by atoms with Crippen LogP contribution in [-0.2, 0) is 4.74 Å². The summed E-state index contributed by atoms with van der Waals surface area (Å²) in [6.45, 7) is 12.9. The van der Waals surface area contributed by atoms with E-state index in [1.165, 1.54) is 12.8 Å². The molecule has 102 valence electrons. The van der Waals surface area contributed by atoms with Gasteiger partial charge in [0.25, 0.3) is 0 Å². The quantitative estimate of drug-likeness (QED) is 0.775. The van der Waals surface area contributed by atoms with Gasteiger partial charge in [-0.2, -0.15) is 0 Å². The molecule has 1 fully saturated rings. The minimum Gasteiger partial charge on any atom is -0.381 e. The molecule has 1 saturated heterocycles. The Labute approximate surface area is 107 Å². The molecule has 0 aromatic carbocycles. The molecular weight excluding hydrogens is 212 g/mol. The highest BCUT2D eigenvalue weighted by Gasteiger charge is 2.29. The van der Waals surface area contributed by atoms with Gasteiger partial charge in [0.05, 0.1) is 0 Å². The van der Waals surface area contributed by atoms with Crippen LogP contribution in [0.3, 0.4) is 0 Å². The van der Waals surface area contributed by atoms with Crippen molar-refractivity contribution in [3.05, 3.63) is 0 Å². The molecule has 1 unspecified atom stereocenters. The minimum atomic E-state index is 0.529. The molecule has 0 aromatic rings. The maximum Gasteiger partial charge on any atom is 0.0469 e. The molecular formula is C14H30N2O. The summed E-state index contributed by atoms with van der Waals surface area (Å²) < 4.78 is 5.46. The highest BCUT2D eigenvalue weighted by atomic mass is 16.5. The monoisotopic (exact) mass is 242 g/mol. The van der Waals surface area contributed by atoms with E-state index < -0.39 is 0 Å². The van der Waals surface area contributed by atoms with Crippen molar-refractivity contribution in [3.8, 4) is 0 Å². The van der Waals surface area contributed by atoms with Gasteiger partial charge in [0, 0.05) is 38.4 Å². The fourth-order valence-corrected chi connectivity index (χ4v) is 2.85. The molecule has 3 nitrogen and oxygen atoms in total. The average molecular weight is 242 g/mol. The zero-order valence-electron chi connectivity index (χ0n) is 12.0. The molecule has 0 spiro atoms. The van der Waals surface area contributed by atoms with Crippen LogP contribution in [0.5, 0.6) is 0 Å². The van der Waals surface area contributed by atoms with Crippen molar-refractivity contribution in [3.63, 3.8) is 0 Å². The molecule has 0 radical (unpaired) electrons. The van der Waals surface area contributed by atoms with E-state index in [0.717, 1.165) is 32.2 Å². The first-order valence-electron chi connectivity index (χ1n) is 7.09. The van der Waals surface area contributed by atoms with Gasteiger partial charge in [-0.15, -0.1) is 0 Å². The normalized spacial score (nSPS) is 20.5. The van der Waals surface area contributed by atoms with E-state index in [2.05, 4.69) is 32.6 Å². The van der Waals surface area contributed by atoms with Gasteiger partial charge >= 0.3 is 0 Å². The van der Waals surface area contributed by atoms with E-state index in [9.17, 15) is 0 Å². The second-order valence-corrected chi connectivity index (χ2v) is 5.94. The van der Waals surface area contributed by atoms with Gasteiger partial charge in [-0.1, -0.05) is 13.8 Å². The number of hydrogen-bond donors (Lipinski definition) is 1. The van der Waals surface area contributed by atoms with Crippen LogP contribution in [0.15, 0.2) is 0 Å². The lowest BCUT2D eigenvalue weighted by Gasteiger charge is -2.41. The Morgan fingerprint density at radius 2 is 1.76 bits per heavy atom. The molecule has 0 amide bonds.